The molecule has 0 aliphatic carbocycles. The Morgan fingerprint density at radius 2 is 1.97 bits per heavy atom. The Hall–Kier alpha value is -3.44. The van der Waals surface area contributed by atoms with Crippen molar-refractivity contribution in [1.82, 2.24) is 9.29 Å². The molecule has 0 radical (unpaired) electrons. The highest BCUT2D eigenvalue weighted by Crippen LogP contribution is 2.20. The first kappa shape index (κ1) is 21.3. The van der Waals surface area contributed by atoms with E-state index in [9.17, 15) is 13.2 Å². The number of carboxylic acids is 1. The van der Waals surface area contributed by atoms with Crippen LogP contribution in [0, 0.1) is 23.2 Å². The van der Waals surface area contributed by atoms with E-state index in [1.165, 1.54) is 41.0 Å². The molecule has 1 N–H and O–H groups in total. The number of carboxylic acid groups (broad SMARTS) is 1. The summed E-state index contributed by atoms with van der Waals surface area (Å²) < 4.78 is 37.3. The maximum absolute atomic E-state index is 12.8. The van der Waals surface area contributed by atoms with Gasteiger partial charge >= 0.3 is 5.97 Å². The van der Waals surface area contributed by atoms with Gasteiger partial charge in [0.25, 0.3) is 0 Å². The van der Waals surface area contributed by atoms with Crippen molar-refractivity contribution in [1.29, 1.82) is 5.26 Å². The number of hydrogen-bond donors (Lipinski definition) is 1. The molecule has 9 nitrogen and oxygen atoms in total. The van der Waals surface area contributed by atoms with Crippen molar-refractivity contribution in [3.05, 3.63) is 53.3 Å². The molecule has 1 fully saturated rings. The van der Waals surface area contributed by atoms with Crippen molar-refractivity contribution in [2.24, 2.45) is 0 Å². The van der Waals surface area contributed by atoms with Crippen molar-refractivity contribution >= 4 is 16.0 Å². The van der Waals surface area contributed by atoms with E-state index in [2.05, 4.69) is 16.8 Å². The van der Waals surface area contributed by atoms with Crippen LogP contribution in [0.25, 0.3) is 0 Å². The number of aromatic nitrogens is 1. The number of pyridine rings is 1. The van der Waals surface area contributed by atoms with Gasteiger partial charge < -0.3 is 14.6 Å². The van der Waals surface area contributed by atoms with Crippen LogP contribution in [0.5, 0.6) is 5.75 Å². The minimum atomic E-state index is -3.71. The van der Waals surface area contributed by atoms with Gasteiger partial charge in [-0.2, -0.15) is 9.57 Å². The lowest BCUT2D eigenvalue weighted by Crippen LogP contribution is -2.40. The molecule has 0 amide bonds. The molecule has 10 heteroatoms. The topological polar surface area (TPSA) is 130 Å². The molecule has 1 aromatic carbocycles. The molecule has 1 aliphatic rings. The summed E-state index contributed by atoms with van der Waals surface area (Å²) in [6.45, 7) is 0.642. The highest BCUT2D eigenvalue weighted by molar-refractivity contribution is 7.89. The van der Waals surface area contributed by atoms with E-state index >= 15 is 0 Å². The van der Waals surface area contributed by atoms with Crippen LogP contribution in [-0.4, -0.2) is 61.7 Å². The Bertz CT molecular complexity index is 1160. The van der Waals surface area contributed by atoms with Crippen LogP contribution >= 0.6 is 0 Å². The Labute approximate surface area is 173 Å². The van der Waals surface area contributed by atoms with E-state index in [0.29, 0.717) is 29.9 Å². The SMILES string of the molecule is N#Cc1ccc(OCC(=O)O)c(C#Cc2cncc(S(=O)(=O)N3CCOCC3)c2)c1. The van der Waals surface area contributed by atoms with Crippen LogP contribution in [0.15, 0.2) is 41.6 Å². The third kappa shape index (κ3) is 5.13. The Kier molecular flexibility index (Phi) is 6.65. The first-order valence-corrected chi connectivity index (χ1v) is 10.3. The number of nitriles is 1. The molecule has 1 aromatic heterocycles. The zero-order chi connectivity index (χ0) is 21.6. The minimum Gasteiger partial charge on any atom is -0.481 e. The quantitative estimate of drug-likeness (QED) is 0.695. The van der Waals surface area contributed by atoms with Crippen molar-refractivity contribution < 1.29 is 27.8 Å². The zero-order valence-electron chi connectivity index (χ0n) is 15.7. The Balaban J connectivity index is 1.91. The van der Waals surface area contributed by atoms with E-state index in [0.717, 1.165) is 0 Å². The number of carbonyl (C=O) groups is 1. The molecule has 0 saturated carbocycles. The summed E-state index contributed by atoms with van der Waals surface area (Å²) >= 11 is 0. The van der Waals surface area contributed by atoms with Gasteiger partial charge in [-0.15, -0.1) is 0 Å². The van der Waals surface area contributed by atoms with Crippen molar-refractivity contribution in [3.63, 3.8) is 0 Å². The first-order chi connectivity index (χ1) is 14.4. The van der Waals surface area contributed by atoms with Crippen molar-refractivity contribution in [2.75, 3.05) is 32.9 Å². The van der Waals surface area contributed by atoms with Gasteiger partial charge in [-0.05, 0) is 24.3 Å². The summed E-state index contributed by atoms with van der Waals surface area (Å²) in [4.78, 5) is 14.7. The molecule has 0 bridgehead atoms. The summed E-state index contributed by atoms with van der Waals surface area (Å²) in [6.07, 6.45) is 2.67. The monoisotopic (exact) mass is 427 g/mol. The van der Waals surface area contributed by atoms with Gasteiger partial charge in [0.1, 0.15) is 10.6 Å². The van der Waals surface area contributed by atoms with Gasteiger partial charge in [0.2, 0.25) is 10.0 Å². The average molecular weight is 427 g/mol. The molecule has 30 heavy (non-hydrogen) atoms. The second-order valence-corrected chi connectivity index (χ2v) is 8.12. The maximum Gasteiger partial charge on any atom is 0.341 e. The fourth-order valence-electron chi connectivity index (χ4n) is 2.67. The van der Waals surface area contributed by atoms with Gasteiger partial charge in [0.05, 0.1) is 30.4 Å². The summed E-state index contributed by atoms with van der Waals surface area (Å²) in [6, 6.07) is 7.80. The summed E-state index contributed by atoms with van der Waals surface area (Å²) in [5, 5.41) is 17.9. The lowest BCUT2D eigenvalue weighted by molar-refractivity contribution is -0.139. The van der Waals surface area contributed by atoms with Crippen LogP contribution in [0.2, 0.25) is 0 Å². The number of nitrogens with zero attached hydrogens (tertiary/aromatic N) is 3. The van der Waals surface area contributed by atoms with Crippen LogP contribution in [0.3, 0.4) is 0 Å². The van der Waals surface area contributed by atoms with E-state index in [1.54, 1.807) is 0 Å². The first-order valence-electron chi connectivity index (χ1n) is 8.84. The molecule has 0 unspecified atom stereocenters. The van der Waals surface area contributed by atoms with E-state index in [4.69, 9.17) is 19.8 Å². The lowest BCUT2D eigenvalue weighted by Gasteiger charge is -2.25. The van der Waals surface area contributed by atoms with Gasteiger partial charge in [-0.3, -0.25) is 4.98 Å². The normalized spacial score (nSPS) is 14.2. The molecule has 2 aromatic rings. The highest BCUT2D eigenvalue weighted by Gasteiger charge is 2.26. The summed E-state index contributed by atoms with van der Waals surface area (Å²) in [5.41, 5.74) is 0.969. The third-order valence-electron chi connectivity index (χ3n) is 4.12. The molecule has 154 valence electrons. The predicted octanol–water partition coefficient (Wildman–Crippen LogP) is 0.837. The van der Waals surface area contributed by atoms with Gasteiger partial charge in [-0.25, -0.2) is 13.2 Å². The number of ether oxygens (including phenoxy) is 2. The van der Waals surface area contributed by atoms with Gasteiger partial charge in [-0.1, -0.05) is 11.8 Å². The standard InChI is InChI=1S/C20H17N3O6S/c21-11-15-2-4-19(29-14-20(24)25)17(9-15)3-1-16-10-18(13-22-12-16)30(26,27)23-5-7-28-8-6-23/h2,4,9-10,12-13H,5-8,14H2,(H,24,25). The third-order valence-corrected chi connectivity index (χ3v) is 5.99. The summed E-state index contributed by atoms with van der Waals surface area (Å²) in [5.74, 6) is 4.65. The molecule has 0 atom stereocenters. The molecular formula is C20H17N3O6S. The number of sulfonamides is 1. The molecule has 0 spiro atoms. The van der Waals surface area contributed by atoms with Crippen molar-refractivity contribution in [2.45, 2.75) is 4.90 Å². The molecule has 2 heterocycles. The number of aliphatic carboxylic acids is 1. The van der Waals surface area contributed by atoms with E-state index in [1.807, 2.05) is 6.07 Å². The number of rotatable bonds is 5. The van der Waals surface area contributed by atoms with E-state index < -0.39 is 22.6 Å². The average Bonchev–Trinajstić information content (AvgIpc) is 2.77. The second kappa shape index (κ2) is 9.37. The van der Waals surface area contributed by atoms with Gasteiger partial charge in [0, 0.05) is 31.0 Å². The minimum absolute atomic E-state index is 0.0179. The molecule has 3 rings (SSSR count). The fraction of sp³-hybridized carbons (Fsp3) is 0.250. The van der Waals surface area contributed by atoms with E-state index in [-0.39, 0.29) is 23.7 Å². The highest BCUT2D eigenvalue weighted by atomic mass is 32.2. The maximum atomic E-state index is 12.8. The Morgan fingerprint density at radius 3 is 2.67 bits per heavy atom. The number of morpholine rings is 1. The van der Waals surface area contributed by atoms with Gasteiger partial charge in [0.15, 0.2) is 6.61 Å². The van der Waals surface area contributed by atoms with Crippen LogP contribution in [-0.2, 0) is 19.6 Å². The molecular weight excluding hydrogens is 410 g/mol. The second-order valence-electron chi connectivity index (χ2n) is 6.18. The van der Waals surface area contributed by atoms with Crippen LogP contribution in [0.4, 0.5) is 0 Å². The summed E-state index contributed by atoms with van der Waals surface area (Å²) in [7, 11) is -3.71. The molecule has 1 aliphatic heterocycles. The Morgan fingerprint density at radius 1 is 1.20 bits per heavy atom. The van der Waals surface area contributed by atoms with Crippen LogP contribution < -0.4 is 4.74 Å². The number of benzene rings is 1. The largest absolute Gasteiger partial charge is 0.481 e. The smallest absolute Gasteiger partial charge is 0.341 e. The van der Waals surface area contributed by atoms with Crippen LogP contribution in [0.1, 0.15) is 16.7 Å². The van der Waals surface area contributed by atoms with Crippen molar-refractivity contribution in [3.8, 4) is 23.7 Å². The predicted molar refractivity (Wildman–Crippen MR) is 104 cm³/mol. The lowest BCUT2D eigenvalue weighted by atomic mass is 10.1. The fourth-order valence-corrected chi connectivity index (χ4v) is 4.06. The molecule has 1 saturated heterocycles. The number of hydrogen-bond acceptors (Lipinski definition) is 7. The zero-order valence-corrected chi connectivity index (χ0v) is 16.6.